The van der Waals surface area contributed by atoms with E-state index in [1.807, 2.05) is 0 Å². The summed E-state index contributed by atoms with van der Waals surface area (Å²) in [5.41, 5.74) is 0. The number of nitrogens with zero attached hydrogens (tertiary/aromatic N) is 1. The maximum Gasteiger partial charge on any atom is 0.0170 e. The van der Waals surface area contributed by atoms with E-state index in [-0.39, 0.29) is 0 Å². The second-order valence-corrected chi connectivity index (χ2v) is 6.74. The number of thioether (sulfide) groups is 1. The van der Waals surface area contributed by atoms with Gasteiger partial charge in [0.15, 0.2) is 0 Å². The van der Waals surface area contributed by atoms with Crippen molar-refractivity contribution in [2.75, 3.05) is 37.7 Å². The maximum absolute atomic E-state index is 3.64. The summed E-state index contributed by atoms with van der Waals surface area (Å²) in [5.74, 6) is 3.66. The van der Waals surface area contributed by atoms with Gasteiger partial charge in [-0.1, -0.05) is 19.8 Å². The van der Waals surface area contributed by atoms with Crippen LogP contribution >= 0.6 is 11.8 Å². The second kappa shape index (κ2) is 7.65. The molecule has 1 atom stereocenters. The number of likely N-dealkylation sites (tertiary alicyclic amines) is 1. The third-order valence-corrected chi connectivity index (χ3v) is 5.33. The Bertz CT molecular complexity index is 196. The first-order valence-electron chi connectivity index (χ1n) is 7.42. The molecular formula is C14H28N2S. The minimum Gasteiger partial charge on any atom is -0.312 e. The van der Waals surface area contributed by atoms with Gasteiger partial charge in [-0.15, -0.1) is 0 Å². The molecule has 2 aliphatic heterocycles. The Hall–Kier alpha value is 0.270. The van der Waals surface area contributed by atoms with Gasteiger partial charge in [0.05, 0.1) is 0 Å². The normalized spacial score (nSPS) is 28.4. The minimum absolute atomic E-state index is 0.780. The quantitative estimate of drug-likeness (QED) is 0.814. The fourth-order valence-electron chi connectivity index (χ4n) is 3.05. The molecule has 100 valence electrons. The molecule has 0 aromatic heterocycles. The molecule has 2 aliphatic rings. The van der Waals surface area contributed by atoms with Crippen molar-refractivity contribution in [1.29, 1.82) is 0 Å². The molecule has 2 nitrogen and oxygen atoms in total. The van der Waals surface area contributed by atoms with Crippen LogP contribution in [0.3, 0.4) is 0 Å². The van der Waals surface area contributed by atoms with Crippen molar-refractivity contribution in [2.45, 2.75) is 45.1 Å². The van der Waals surface area contributed by atoms with Crippen LogP contribution in [-0.2, 0) is 0 Å². The van der Waals surface area contributed by atoms with E-state index in [9.17, 15) is 0 Å². The van der Waals surface area contributed by atoms with Crippen molar-refractivity contribution >= 4 is 11.8 Å². The fraction of sp³-hybridized carbons (Fsp3) is 1.00. The predicted octanol–water partition coefficient (Wildman–Crippen LogP) is 2.59. The highest BCUT2D eigenvalue weighted by Crippen LogP contribution is 2.22. The van der Waals surface area contributed by atoms with E-state index in [1.165, 1.54) is 69.8 Å². The summed E-state index contributed by atoms with van der Waals surface area (Å²) >= 11 is 2.12. The molecule has 2 fully saturated rings. The van der Waals surface area contributed by atoms with Crippen LogP contribution < -0.4 is 5.32 Å². The summed E-state index contributed by atoms with van der Waals surface area (Å²) in [5, 5.41) is 3.64. The first kappa shape index (κ1) is 13.7. The molecule has 1 unspecified atom stereocenters. The Morgan fingerprint density at radius 1 is 1.24 bits per heavy atom. The average molecular weight is 256 g/mol. The number of rotatable bonds is 5. The van der Waals surface area contributed by atoms with E-state index in [4.69, 9.17) is 0 Å². The van der Waals surface area contributed by atoms with Crippen LogP contribution in [0, 0.1) is 5.92 Å². The van der Waals surface area contributed by atoms with Crippen LogP contribution in [0.25, 0.3) is 0 Å². The Balaban J connectivity index is 1.57. The van der Waals surface area contributed by atoms with Gasteiger partial charge in [-0.2, -0.15) is 11.8 Å². The lowest BCUT2D eigenvalue weighted by Gasteiger charge is -2.33. The molecular weight excluding hydrogens is 228 g/mol. The Labute approximate surface area is 111 Å². The highest BCUT2D eigenvalue weighted by Gasteiger charge is 2.20. The fourth-order valence-corrected chi connectivity index (χ4v) is 4.05. The molecule has 17 heavy (non-hydrogen) atoms. The highest BCUT2D eigenvalue weighted by molar-refractivity contribution is 7.99. The SMILES string of the molecule is CCCC1CCN(CCC2CSCCN2)CC1. The van der Waals surface area contributed by atoms with Crippen LogP contribution in [0.4, 0.5) is 0 Å². The van der Waals surface area contributed by atoms with Gasteiger partial charge in [0, 0.05) is 24.1 Å². The molecule has 0 aliphatic carbocycles. The van der Waals surface area contributed by atoms with Crippen molar-refractivity contribution in [3.8, 4) is 0 Å². The summed E-state index contributed by atoms with van der Waals surface area (Å²) in [6.45, 7) is 7.55. The highest BCUT2D eigenvalue weighted by atomic mass is 32.2. The van der Waals surface area contributed by atoms with Gasteiger partial charge in [0.25, 0.3) is 0 Å². The molecule has 1 N–H and O–H groups in total. The zero-order valence-electron chi connectivity index (χ0n) is 11.3. The molecule has 0 bridgehead atoms. The minimum atomic E-state index is 0.780. The number of nitrogens with one attached hydrogen (secondary N) is 1. The van der Waals surface area contributed by atoms with E-state index in [1.54, 1.807) is 0 Å². The van der Waals surface area contributed by atoms with Crippen molar-refractivity contribution in [1.82, 2.24) is 10.2 Å². The monoisotopic (exact) mass is 256 g/mol. The van der Waals surface area contributed by atoms with Crippen molar-refractivity contribution in [3.05, 3.63) is 0 Å². The molecule has 0 radical (unpaired) electrons. The second-order valence-electron chi connectivity index (χ2n) is 5.59. The molecule has 0 saturated carbocycles. The number of hydrogen-bond acceptors (Lipinski definition) is 3. The van der Waals surface area contributed by atoms with E-state index >= 15 is 0 Å². The van der Waals surface area contributed by atoms with Gasteiger partial charge < -0.3 is 10.2 Å². The average Bonchev–Trinajstić information content (AvgIpc) is 2.40. The van der Waals surface area contributed by atoms with Crippen molar-refractivity contribution in [2.24, 2.45) is 5.92 Å². The van der Waals surface area contributed by atoms with Gasteiger partial charge in [0.1, 0.15) is 0 Å². The lowest BCUT2D eigenvalue weighted by molar-refractivity contribution is 0.172. The Morgan fingerprint density at radius 3 is 2.71 bits per heavy atom. The largest absolute Gasteiger partial charge is 0.312 e. The molecule has 2 rings (SSSR count). The summed E-state index contributed by atoms with van der Waals surface area (Å²) in [6, 6.07) is 0.780. The van der Waals surface area contributed by atoms with Crippen molar-refractivity contribution in [3.63, 3.8) is 0 Å². The van der Waals surface area contributed by atoms with E-state index < -0.39 is 0 Å². The Morgan fingerprint density at radius 2 is 2.06 bits per heavy atom. The summed E-state index contributed by atoms with van der Waals surface area (Å²) in [4.78, 5) is 2.69. The molecule has 2 heterocycles. The van der Waals surface area contributed by atoms with E-state index in [2.05, 4.69) is 28.9 Å². The smallest absolute Gasteiger partial charge is 0.0170 e. The molecule has 0 aromatic carbocycles. The zero-order valence-corrected chi connectivity index (χ0v) is 12.1. The predicted molar refractivity (Wildman–Crippen MR) is 77.8 cm³/mol. The third-order valence-electron chi connectivity index (χ3n) is 4.20. The van der Waals surface area contributed by atoms with Crippen LogP contribution in [0.1, 0.15) is 39.0 Å². The maximum atomic E-state index is 3.64. The van der Waals surface area contributed by atoms with Crippen LogP contribution in [0.2, 0.25) is 0 Å². The van der Waals surface area contributed by atoms with E-state index in [0.29, 0.717) is 0 Å². The zero-order chi connectivity index (χ0) is 11.9. The van der Waals surface area contributed by atoms with Gasteiger partial charge in [0.2, 0.25) is 0 Å². The molecule has 0 aromatic rings. The van der Waals surface area contributed by atoms with Crippen LogP contribution in [0.5, 0.6) is 0 Å². The third kappa shape index (κ3) is 4.80. The first-order chi connectivity index (χ1) is 8.38. The van der Waals surface area contributed by atoms with Crippen LogP contribution in [-0.4, -0.2) is 48.6 Å². The standard InChI is InChI=1S/C14H28N2S/c1-2-3-13-4-8-16(9-5-13)10-6-14-12-17-11-7-15-14/h13-15H,2-12H2,1H3. The van der Waals surface area contributed by atoms with E-state index in [0.717, 1.165) is 12.0 Å². The lowest BCUT2D eigenvalue weighted by atomic mass is 9.92. The summed E-state index contributed by atoms with van der Waals surface area (Å²) < 4.78 is 0. The van der Waals surface area contributed by atoms with Gasteiger partial charge in [-0.25, -0.2) is 0 Å². The molecule has 0 amide bonds. The summed E-state index contributed by atoms with van der Waals surface area (Å²) in [6.07, 6.45) is 7.06. The number of hydrogen-bond donors (Lipinski definition) is 1. The van der Waals surface area contributed by atoms with Gasteiger partial charge in [-0.05, 0) is 44.8 Å². The molecule has 3 heteroatoms. The van der Waals surface area contributed by atoms with Gasteiger partial charge >= 0.3 is 0 Å². The lowest BCUT2D eigenvalue weighted by Crippen LogP contribution is -2.41. The van der Waals surface area contributed by atoms with Crippen molar-refractivity contribution < 1.29 is 0 Å². The summed E-state index contributed by atoms with van der Waals surface area (Å²) in [7, 11) is 0. The van der Waals surface area contributed by atoms with Crippen LogP contribution in [0.15, 0.2) is 0 Å². The Kier molecular flexibility index (Phi) is 6.16. The number of piperidine rings is 1. The molecule has 2 saturated heterocycles. The molecule has 0 spiro atoms. The van der Waals surface area contributed by atoms with Gasteiger partial charge in [-0.3, -0.25) is 0 Å². The topological polar surface area (TPSA) is 15.3 Å². The first-order valence-corrected chi connectivity index (χ1v) is 8.57.